The first-order valence-electron chi connectivity index (χ1n) is 9.93. The number of rotatable bonds is 8. The normalized spacial score (nSPS) is 10.6. The van der Waals surface area contributed by atoms with Crippen molar-refractivity contribution < 1.29 is 23.8 Å². The van der Waals surface area contributed by atoms with Gasteiger partial charge in [-0.15, -0.1) is 0 Å². The fourth-order valence-corrected chi connectivity index (χ4v) is 3.20. The number of halogens is 2. The molecule has 0 aliphatic rings. The molecule has 0 atom stereocenters. The van der Waals surface area contributed by atoms with E-state index in [0.717, 1.165) is 5.56 Å². The summed E-state index contributed by atoms with van der Waals surface area (Å²) in [6.45, 7) is 0.263. The van der Waals surface area contributed by atoms with Gasteiger partial charge in [0.15, 0.2) is 11.5 Å². The number of anilines is 1. The minimum Gasteiger partial charge on any atom is -0.497 e. The summed E-state index contributed by atoms with van der Waals surface area (Å²) in [4.78, 5) is 24.1. The zero-order valence-electron chi connectivity index (χ0n) is 18.3. The van der Waals surface area contributed by atoms with Crippen LogP contribution in [0.3, 0.4) is 0 Å². The zero-order valence-corrected chi connectivity index (χ0v) is 19.8. The Kier molecular flexibility index (Phi) is 8.73. The van der Waals surface area contributed by atoms with E-state index in [1.54, 1.807) is 48.5 Å². The maximum Gasteiger partial charge on any atom is 0.329 e. The van der Waals surface area contributed by atoms with E-state index >= 15 is 0 Å². The highest BCUT2D eigenvalue weighted by Gasteiger charge is 2.14. The van der Waals surface area contributed by atoms with Crippen molar-refractivity contribution in [2.24, 2.45) is 5.10 Å². The van der Waals surface area contributed by atoms with Crippen LogP contribution < -0.4 is 25.0 Å². The van der Waals surface area contributed by atoms with Gasteiger partial charge in [-0.3, -0.25) is 9.59 Å². The molecule has 0 spiro atoms. The Hall–Kier alpha value is -3.75. The van der Waals surface area contributed by atoms with Crippen LogP contribution in [0.2, 0.25) is 10.0 Å². The zero-order chi connectivity index (χ0) is 24.5. The van der Waals surface area contributed by atoms with Crippen molar-refractivity contribution in [3.05, 3.63) is 81.8 Å². The fourth-order valence-electron chi connectivity index (χ4n) is 2.80. The molecule has 3 aromatic rings. The van der Waals surface area contributed by atoms with E-state index in [9.17, 15) is 9.59 Å². The molecule has 0 fully saturated rings. The highest BCUT2D eigenvalue weighted by atomic mass is 35.5. The van der Waals surface area contributed by atoms with Crippen LogP contribution in [0.25, 0.3) is 0 Å². The molecule has 0 heterocycles. The van der Waals surface area contributed by atoms with Crippen molar-refractivity contribution in [3.8, 4) is 17.2 Å². The quantitative estimate of drug-likeness (QED) is 0.265. The average molecular weight is 502 g/mol. The Bertz CT molecular complexity index is 1200. The summed E-state index contributed by atoms with van der Waals surface area (Å²) >= 11 is 12.3. The standard InChI is InChI=1S/C24H21Cl2N3O5/c1-32-19-5-3-4-18(12-19)28-23(30)24(31)29-27-13-16-10-20(26)22(21(11-16)33-2)34-14-15-6-8-17(25)9-7-15/h3-13H,14H2,1-2H3,(H,28,30)(H,29,31)/b27-13-. The van der Waals surface area contributed by atoms with Crippen LogP contribution in [0.4, 0.5) is 5.69 Å². The molecule has 0 saturated carbocycles. The van der Waals surface area contributed by atoms with Crippen LogP contribution >= 0.6 is 23.2 Å². The van der Waals surface area contributed by atoms with Crippen LogP contribution in [-0.4, -0.2) is 32.2 Å². The molecule has 0 aromatic heterocycles. The van der Waals surface area contributed by atoms with Crippen LogP contribution in [0.5, 0.6) is 17.2 Å². The molecule has 0 bridgehead atoms. The molecule has 2 amide bonds. The molecule has 0 aliphatic heterocycles. The number of carbonyl (C=O) groups is 2. The molecular weight excluding hydrogens is 481 g/mol. The minimum atomic E-state index is -0.944. The van der Waals surface area contributed by atoms with Gasteiger partial charge in [0.25, 0.3) is 0 Å². The molecule has 34 heavy (non-hydrogen) atoms. The predicted octanol–water partition coefficient (Wildman–Crippen LogP) is 4.68. The number of nitrogens with one attached hydrogen (secondary N) is 2. The Morgan fingerprint density at radius 1 is 0.971 bits per heavy atom. The smallest absolute Gasteiger partial charge is 0.329 e. The molecule has 8 nitrogen and oxygen atoms in total. The van der Waals surface area contributed by atoms with Crippen LogP contribution in [0.15, 0.2) is 65.8 Å². The third kappa shape index (κ3) is 6.87. The van der Waals surface area contributed by atoms with E-state index in [1.807, 2.05) is 12.1 Å². The summed E-state index contributed by atoms with van der Waals surface area (Å²) in [5.41, 5.74) is 4.00. The predicted molar refractivity (Wildman–Crippen MR) is 131 cm³/mol. The summed E-state index contributed by atoms with van der Waals surface area (Å²) in [5, 5.41) is 7.19. The molecule has 10 heteroatoms. The fraction of sp³-hybridized carbons (Fsp3) is 0.125. The molecule has 0 unspecified atom stereocenters. The van der Waals surface area contributed by atoms with E-state index in [-0.39, 0.29) is 11.6 Å². The SMILES string of the molecule is COc1cccc(NC(=O)C(=O)N/N=C\c2cc(Cl)c(OCc3ccc(Cl)cc3)c(OC)c2)c1. The van der Waals surface area contributed by atoms with Crippen molar-refractivity contribution in [2.45, 2.75) is 6.61 Å². The topological polar surface area (TPSA) is 98.2 Å². The Morgan fingerprint density at radius 3 is 2.44 bits per heavy atom. The van der Waals surface area contributed by atoms with Crippen LogP contribution in [0, 0.1) is 0 Å². The van der Waals surface area contributed by atoms with Gasteiger partial charge in [-0.2, -0.15) is 5.10 Å². The lowest BCUT2D eigenvalue weighted by Gasteiger charge is -2.13. The van der Waals surface area contributed by atoms with E-state index in [1.165, 1.54) is 20.4 Å². The van der Waals surface area contributed by atoms with Crippen molar-refractivity contribution in [3.63, 3.8) is 0 Å². The van der Waals surface area contributed by atoms with Crippen molar-refractivity contribution in [1.29, 1.82) is 0 Å². The number of hydrogen-bond donors (Lipinski definition) is 2. The molecule has 176 valence electrons. The lowest BCUT2D eigenvalue weighted by Crippen LogP contribution is -2.32. The summed E-state index contributed by atoms with van der Waals surface area (Å²) in [6.07, 6.45) is 1.33. The lowest BCUT2D eigenvalue weighted by molar-refractivity contribution is -0.136. The van der Waals surface area contributed by atoms with Crippen molar-refractivity contribution in [1.82, 2.24) is 5.43 Å². The van der Waals surface area contributed by atoms with Gasteiger partial charge in [0.05, 0.1) is 25.5 Å². The number of amides is 2. The van der Waals surface area contributed by atoms with E-state index in [2.05, 4.69) is 15.8 Å². The first-order chi connectivity index (χ1) is 16.4. The van der Waals surface area contributed by atoms with E-state index in [4.69, 9.17) is 37.4 Å². The number of hydrazone groups is 1. The van der Waals surface area contributed by atoms with Crippen molar-refractivity contribution in [2.75, 3.05) is 19.5 Å². The molecule has 0 saturated heterocycles. The Labute approximate surface area is 206 Å². The Morgan fingerprint density at radius 2 is 1.74 bits per heavy atom. The molecule has 3 aromatic carbocycles. The number of methoxy groups -OCH3 is 2. The van der Waals surface area contributed by atoms with Gasteiger partial charge in [0, 0.05) is 16.8 Å². The maximum absolute atomic E-state index is 12.1. The lowest BCUT2D eigenvalue weighted by atomic mass is 10.2. The van der Waals surface area contributed by atoms with Gasteiger partial charge in [-0.05, 0) is 47.5 Å². The first-order valence-corrected chi connectivity index (χ1v) is 10.7. The van der Waals surface area contributed by atoms with Gasteiger partial charge in [0.2, 0.25) is 0 Å². The highest BCUT2D eigenvalue weighted by molar-refractivity contribution is 6.39. The number of carbonyl (C=O) groups excluding carboxylic acids is 2. The second-order valence-corrected chi connectivity index (χ2v) is 7.68. The number of nitrogens with zero attached hydrogens (tertiary/aromatic N) is 1. The highest BCUT2D eigenvalue weighted by Crippen LogP contribution is 2.36. The van der Waals surface area contributed by atoms with Crippen molar-refractivity contribution >= 4 is 46.9 Å². The average Bonchev–Trinajstić information content (AvgIpc) is 2.84. The molecular formula is C24H21Cl2N3O5. The number of hydrogen-bond acceptors (Lipinski definition) is 6. The number of ether oxygens (including phenoxy) is 3. The van der Waals surface area contributed by atoms with Gasteiger partial charge < -0.3 is 19.5 Å². The van der Waals surface area contributed by atoms with E-state index < -0.39 is 11.8 Å². The third-order valence-corrected chi connectivity index (χ3v) is 4.99. The van der Waals surface area contributed by atoms with Gasteiger partial charge in [0.1, 0.15) is 12.4 Å². The molecule has 2 N–H and O–H groups in total. The van der Waals surface area contributed by atoms with Crippen LogP contribution in [0.1, 0.15) is 11.1 Å². The maximum atomic E-state index is 12.1. The molecule has 0 radical (unpaired) electrons. The summed E-state index contributed by atoms with van der Waals surface area (Å²) in [5.74, 6) is -0.544. The van der Waals surface area contributed by atoms with E-state index in [0.29, 0.717) is 33.5 Å². The monoisotopic (exact) mass is 501 g/mol. The first kappa shape index (κ1) is 24.9. The summed E-state index contributed by atoms with van der Waals surface area (Å²) in [6, 6.07) is 17.1. The second-order valence-electron chi connectivity index (χ2n) is 6.83. The largest absolute Gasteiger partial charge is 0.497 e. The third-order valence-electron chi connectivity index (χ3n) is 4.46. The molecule has 0 aliphatic carbocycles. The Balaban J connectivity index is 1.61. The summed E-state index contributed by atoms with van der Waals surface area (Å²) in [7, 11) is 2.98. The molecule has 3 rings (SSSR count). The van der Waals surface area contributed by atoms with Gasteiger partial charge in [-0.1, -0.05) is 41.4 Å². The van der Waals surface area contributed by atoms with Gasteiger partial charge >= 0.3 is 11.8 Å². The second kappa shape index (κ2) is 11.9. The summed E-state index contributed by atoms with van der Waals surface area (Å²) < 4.78 is 16.3. The minimum absolute atomic E-state index is 0.263. The van der Waals surface area contributed by atoms with Gasteiger partial charge in [-0.25, -0.2) is 5.43 Å². The van der Waals surface area contributed by atoms with Crippen LogP contribution in [-0.2, 0) is 16.2 Å². The number of benzene rings is 3.